The summed E-state index contributed by atoms with van der Waals surface area (Å²) in [6, 6.07) is 1.99. The zero-order valence-corrected chi connectivity index (χ0v) is 16.8. The minimum Gasteiger partial charge on any atom is -0.341 e. The number of rotatable bonds is 5. The normalized spacial score (nSPS) is 24.0. The Morgan fingerprint density at radius 1 is 1.17 bits per heavy atom. The number of carbonyl (C=O) groups is 1. The maximum atomic E-state index is 13.0. The second kappa shape index (κ2) is 7.97. The predicted molar refractivity (Wildman–Crippen MR) is 111 cm³/mol. The van der Waals surface area contributed by atoms with Gasteiger partial charge in [0.1, 0.15) is 0 Å². The molecule has 2 aromatic heterocycles. The summed E-state index contributed by atoms with van der Waals surface area (Å²) in [5.74, 6) is 1.44. The maximum absolute atomic E-state index is 13.0. The van der Waals surface area contributed by atoms with E-state index in [0.29, 0.717) is 12.3 Å². The number of likely N-dealkylation sites (tertiary alicyclic amines) is 1. The second-order valence-electron chi connectivity index (χ2n) is 8.35. The fourth-order valence-corrected chi connectivity index (χ4v) is 4.89. The standard InChI is InChI=1S/C22H28N6O/c29-20(14-16-6-1-2-7-16)28-13-5-8-19(28)21-17(15-24-26-21)18-9-10-23-22(25-18)27-11-3-4-12-27/h1,6,9-10,15-16,19H,2-5,7-8,11-14H2,(H,24,26)/t16-,19-/m1/s1. The molecule has 0 saturated carbocycles. The molecular weight excluding hydrogens is 364 g/mol. The van der Waals surface area contributed by atoms with Crippen LogP contribution in [-0.2, 0) is 4.79 Å². The number of amides is 1. The van der Waals surface area contributed by atoms with Gasteiger partial charge in [0.15, 0.2) is 0 Å². The topological polar surface area (TPSA) is 78.0 Å². The number of aromatic amines is 1. The van der Waals surface area contributed by atoms with E-state index < -0.39 is 0 Å². The van der Waals surface area contributed by atoms with E-state index in [4.69, 9.17) is 4.98 Å². The first-order chi connectivity index (χ1) is 14.3. The zero-order chi connectivity index (χ0) is 19.6. The highest BCUT2D eigenvalue weighted by molar-refractivity contribution is 5.78. The van der Waals surface area contributed by atoms with Gasteiger partial charge in [0.2, 0.25) is 11.9 Å². The summed E-state index contributed by atoms with van der Waals surface area (Å²) in [4.78, 5) is 26.6. The Morgan fingerprint density at radius 3 is 2.90 bits per heavy atom. The van der Waals surface area contributed by atoms with Crippen LogP contribution in [0.1, 0.15) is 56.7 Å². The molecule has 7 nitrogen and oxygen atoms in total. The Morgan fingerprint density at radius 2 is 2.07 bits per heavy atom. The monoisotopic (exact) mass is 392 g/mol. The summed E-state index contributed by atoms with van der Waals surface area (Å²) < 4.78 is 0. The van der Waals surface area contributed by atoms with Crippen LogP contribution < -0.4 is 4.90 Å². The number of carbonyl (C=O) groups excluding carboxylic acids is 1. The van der Waals surface area contributed by atoms with Crippen LogP contribution in [0.4, 0.5) is 5.95 Å². The molecule has 0 spiro atoms. The van der Waals surface area contributed by atoms with Crippen LogP contribution in [-0.4, -0.2) is 50.6 Å². The van der Waals surface area contributed by atoms with Gasteiger partial charge in [-0.1, -0.05) is 12.2 Å². The van der Waals surface area contributed by atoms with Gasteiger partial charge in [-0.3, -0.25) is 9.89 Å². The van der Waals surface area contributed by atoms with Gasteiger partial charge >= 0.3 is 0 Å². The lowest BCUT2D eigenvalue weighted by molar-refractivity contribution is -0.132. The molecule has 0 unspecified atom stereocenters. The van der Waals surface area contributed by atoms with E-state index in [9.17, 15) is 4.79 Å². The Kier molecular flexibility index (Phi) is 5.04. The number of hydrogen-bond donors (Lipinski definition) is 1. The highest BCUT2D eigenvalue weighted by atomic mass is 16.2. The van der Waals surface area contributed by atoms with Gasteiger partial charge < -0.3 is 9.80 Å². The van der Waals surface area contributed by atoms with Crippen LogP contribution >= 0.6 is 0 Å². The third kappa shape index (κ3) is 3.66. The average molecular weight is 393 g/mol. The van der Waals surface area contributed by atoms with Crippen LogP contribution in [0, 0.1) is 5.92 Å². The van der Waals surface area contributed by atoms with E-state index in [1.54, 1.807) is 0 Å². The van der Waals surface area contributed by atoms with Crippen LogP contribution in [0.2, 0.25) is 0 Å². The molecule has 2 fully saturated rings. The van der Waals surface area contributed by atoms with Crippen molar-refractivity contribution in [3.05, 3.63) is 36.3 Å². The summed E-state index contributed by atoms with van der Waals surface area (Å²) >= 11 is 0. The molecule has 0 aromatic carbocycles. The van der Waals surface area contributed by atoms with E-state index in [1.807, 2.05) is 23.4 Å². The predicted octanol–water partition coefficient (Wildman–Crippen LogP) is 3.49. The first-order valence-corrected chi connectivity index (χ1v) is 10.9. The van der Waals surface area contributed by atoms with Gasteiger partial charge in [-0.05, 0) is 50.5 Å². The van der Waals surface area contributed by atoms with Gasteiger partial charge in [0, 0.05) is 37.8 Å². The highest BCUT2D eigenvalue weighted by Crippen LogP contribution is 2.37. The van der Waals surface area contributed by atoms with E-state index in [2.05, 4.69) is 32.2 Å². The molecule has 3 aliphatic rings. The molecular formula is C22H28N6O. The number of nitrogens with one attached hydrogen (secondary N) is 1. The van der Waals surface area contributed by atoms with Crippen molar-refractivity contribution in [1.82, 2.24) is 25.1 Å². The number of aromatic nitrogens is 4. The summed E-state index contributed by atoms with van der Waals surface area (Å²) in [6.07, 6.45) is 15.2. The van der Waals surface area contributed by atoms with Gasteiger partial charge in [0.05, 0.1) is 23.6 Å². The minimum absolute atomic E-state index is 0.0515. The molecule has 29 heavy (non-hydrogen) atoms. The first-order valence-electron chi connectivity index (χ1n) is 10.9. The quantitative estimate of drug-likeness (QED) is 0.788. The lowest BCUT2D eigenvalue weighted by atomic mass is 10.0. The Balaban J connectivity index is 1.38. The van der Waals surface area contributed by atoms with Crippen molar-refractivity contribution >= 4 is 11.9 Å². The van der Waals surface area contributed by atoms with Crippen molar-refractivity contribution in [2.24, 2.45) is 5.92 Å². The number of anilines is 1. The Bertz CT molecular complexity index is 900. The van der Waals surface area contributed by atoms with Crippen molar-refractivity contribution in [2.75, 3.05) is 24.5 Å². The molecule has 2 aromatic rings. The van der Waals surface area contributed by atoms with E-state index in [1.165, 1.54) is 12.8 Å². The molecule has 0 radical (unpaired) electrons. The van der Waals surface area contributed by atoms with Gasteiger partial charge in [-0.25, -0.2) is 9.97 Å². The van der Waals surface area contributed by atoms with Crippen LogP contribution in [0.15, 0.2) is 30.6 Å². The molecule has 7 heteroatoms. The first kappa shape index (κ1) is 18.3. The SMILES string of the molecule is O=C(C[C@@H]1C=CCC1)N1CCC[C@@H]1c1[nH]ncc1-c1ccnc(N2CCCC2)n1. The second-order valence-corrected chi connectivity index (χ2v) is 8.35. The summed E-state index contributed by atoms with van der Waals surface area (Å²) in [5, 5.41) is 7.50. The fraction of sp³-hybridized carbons (Fsp3) is 0.545. The molecule has 4 heterocycles. The van der Waals surface area contributed by atoms with Crippen molar-refractivity contribution < 1.29 is 4.79 Å². The van der Waals surface area contributed by atoms with E-state index >= 15 is 0 Å². The van der Waals surface area contributed by atoms with Crippen molar-refractivity contribution in [1.29, 1.82) is 0 Å². The Hall–Kier alpha value is -2.70. The highest BCUT2D eigenvalue weighted by Gasteiger charge is 2.34. The lowest BCUT2D eigenvalue weighted by Gasteiger charge is -2.26. The Labute approximate surface area is 171 Å². The smallest absolute Gasteiger partial charge is 0.225 e. The molecule has 0 bridgehead atoms. The zero-order valence-electron chi connectivity index (χ0n) is 16.8. The largest absolute Gasteiger partial charge is 0.341 e. The summed E-state index contributed by atoms with van der Waals surface area (Å²) in [6.45, 7) is 2.85. The average Bonchev–Trinajstić information content (AvgIpc) is 3.55. The van der Waals surface area contributed by atoms with Gasteiger partial charge in [-0.2, -0.15) is 5.10 Å². The van der Waals surface area contributed by atoms with Crippen molar-refractivity contribution in [3.8, 4) is 11.3 Å². The van der Waals surface area contributed by atoms with Gasteiger partial charge in [0.25, 0.3) is 0 Å². The molecule has 1 N–H and O–H groups in total. The number of allylic oxidation sites excluding steroid dienone is 2. The third-order valence-electron chi connectivity index (χ3n) is 6.43. The van der Waals surface area contributed by atoms with Gasteiger partial charge in [-0.15, -0.1) is 0 Å². The number of hydrogen-bond acceptors (Lipinski definition) is 5. The maximum Gasteiger partial charge on any atom is 0.225 e. The molecule has 2 saturated heterocycles. The molecule has 2 atom stereocenters. The number of nitrogens with zero attached hydrogens (tertiary/aromatic N) is 5. The molecule has 5 rings (SSSR count). The number of H-pyrrole nitrogens is 1. The van der Waals surface area contributed by atoms with E-state index in [0.717, 1.165) is 68.2 Å². The fourth-order valence-electron chi connectivity index (χ4n) is 4.89. The summed E-state index contributed by atoms with van der Waals surface area (Å²) in [7, 11) is 0. The summed E-state index contributed by atoms with van der Waals surface area (Å²) in [5.41, 5.74) is 2.87. The van der Waals surface area contributed by atoms with Crippen LogP contribution in [0.25, 0.3) is 11.3 Å². The molecule has 1 amide bonds. The van der Waals surface area contributed by atoms with Crippen LogP contribution in [0.3, 0.4) is 0 Å². The van der Waals surface area contributed by atoms with Crippen molar-refractivity contribution in [2.45, 2.75) is 51.0 Å². The molecule has 2 aliphatic heterocycles. The van der Waals surface area contributed by atoms with Crippen LogP contribution in [0.5, 0.6) is 0 Å². The van der Waals surface area contributed by atoms with E-state index in [-0.39, 0.29) is 11.9 Å². The van der Waals surface area contributed by atoms with Crippen molar-refractivity contribution in [3.63, 3.8) is 0 Å². The third-order valence-corrected chi connectivity index (χ3v) is 6.43. The lowest BCUT2D eigenvalue weighted by Crippen LogP contribution is -2.32. The molecule has 152 valence electrons. The molecule has 1 aliphatic carbocycles. The minimum atomic E-state index is 0.0515.